The molecule has 0 saturated carbocycles. The number of halogens is 3. The maximum Gasteiger partial charge on any atom is 0.416 e. The van der Waals surface area contributed by atoms with Crippen LogP contribution in [0.15, 0.2) is 84.9 Å². The number of aliphatic hydroxyl groups is 2. The first kappa shape index (κ1) is 31.1. The van der Waals surface area contributed by atoms with Gasteiger partial charge in [-0.15, -0.1) is 0 Å². The van der Waals surface area contributed by atoms with E-state index in [1.807, 2.05) is 0 Å². The molecule has 5 N–H and O–H groups in total. The number of hydrogen-bond donors (Lipinski definition) is 5. The van der Waals surface area contributed by atoms with Gasteiger partial charge in [0, 0.05) is 17.1 Å². The number of anilines is 3. The molecule has 3 amide bonds. The first-order chi connectivity index (χ1) is 20.5. The lowest BCUT2D eigenvalue weighted by Crippen LogP contribution is -2.62. The van der Waals surface area contributed by atoms with Crippen molar-refractivity contribution in [2.75, 3.05) is 22.6 Å². The van der Waals surface area contributed by atoms with E-state index in [1.165, 1.54) is 0 Å². The van der Waals surface area contributed by atoms with Crippen LogP contribution in [0.1, 0.15) is 5.56 Å². The van der Waals surface area contributed by atoms with E-state index in [4.69, 9.17) is 18.9 Å². The topological polar surface area (TPSA) is 165 Å². The predicted molar refractivity (Wildman–Crippen MR) is 144 cm³/mol. The molecule has 15 heteroatoms. The number of hydrogen-bond acceptors (Lipinski definition) is 9. The highest BCUT2D eigenvalue weighted by molar-refractivity contribution is 5.86. The molecule has 0 unspecified atom stereocenters. The van der Waals surface area contributed by atoms with Gasteiger partial charge in [-0.05, 0) is 48.5 Å². The Morgan fingerprint density at radius 2 is 1.09 bits per heavy atom. The van der Waals surface area contributed by atoms with Crippen molar-refractivity contribution < 1.29 is 56.7 Å². The molecular formula is C28H26F3N3O9. The van der Waals surface area contributed by atoms with Crippen molar-refractivity contribution in [3.05, 3.63) is 90.5 Å². The Hall–Kier alpha value is -4.86. The molecule has 5 atom stereocenters. The second-order valence-corrected chi connectivity index (χ2v) is 9.04. The molecule has 228 valence electrons. The maximum atomic E-state index is 12.9. The summed E-state index contributed by atoms with van der Waals surface area (Å²) in [5.41, 5.74) is -0.386. The van der Waals surface area contributed by atoms with Gasteiger partial charge < -0.3 is 29.2 Å². The third-order valence-electron chi connectivity index (χ3n) is 6.02. The summed E-state index contributed by atoms with van der Waals surface area (Å²) in [6.07, 6.45) is -16.7. The molecule has 1 aliphatic rings. The number of ether oxygens (including phenoxy) is 4. The Morgan fingerprint density at radius 1 is 0.674 bits per heavy atom. The lowest BCUT2D eigenvalue weighted by atomic mass is 9.98. The molecule has 1 heterocycles. The summed E-state index contributed by atoms with van der Waals surface area (Å²) >= 11 is 0. The highest BCUT2D eigenvalue weighted by Gasteiger charge is 2.52. The minimum absolute atomic E-state index is 0.0790. The fourth-order valence-electron chi connectivity index (χ4n) is 4.04. The van der Waals surface area contributed by atoms with Crippen LogP contribution in [0.4, 0.5) is 44.6 Å². The molecule has 1 saturated heterocycles. The Bertz CT molecular complexity index is 1380. The molecule has 0 aliphatic carbocycles. The summed E-state index contributed by atoms with van der Waals surface area (Å²) in [7, 11) is 0. The number of aliphatic hydroxyl groups excluding tert-OH is 2. The summed E-state index contributed by atoms with van der Waals surface area (Å²) in [6, 6.07) is 19.6. The number of amides is 3. The number of carbonyl (C=O) groups is 3. The second-order valence-electron chi connectivity index (χ2n) is 9.04. The van der Waals surface area contributed by atoms with E-state index >= 15 is 0 Å². The molecule has 0 bridgehead atoms. The van der Waals surface area contributed by atoms with Gasteiger partial charge in [-0.3, -0.25) is 16.0 Å². The zero-order valence-electron chi connectivity index (χ0n) is 22.1. The lowest BCUT2D eigenvalue weighted by Gasteiger charge is -2.42. The van der Waals surface area contributed by atoms with Crippen LogP contribution in [0, 0.1) is 0 Å². The van der Waals surface area contributed by atoms with Crippen LogP contribution in [0.2, 0.25) is 0 Å². The Labute approximate surface area is 242 Å². The molecule has 1 aliphatic heterocycles. The molecule has 1 fully saturated rings. The van der Waals surface area contributed by atoms with Crippen molar-refractivity contribution in [3.8, 4) is 0 Å². The first-order valence-electron chi connectivity index (χ1n) is 12.7. The predicted octanol–water partition coefficient (Wildman–Crippen LogP) is 4.57. The lowest BCUT2D eigenvalue weighted by molar-refractivity contribution is -0.282. The fourth-order valence-corrected chi connectivity index (χ4v) is 4.04. The van der Waals surface area contributed by atoms with E-state index in [1.54, 1.807) is 60.7 Å². The molecule has 3 aromatic rings. The third-order valence-corrected chi connectivity index (χ3v) is 6.02. The van der Waals surface area contributed by atoms with Gasteiger partial charge in [-0.25, -0.2) is 14.4 Å². The van der Waals surface area contributed by atoms with Gasteiger partial charge >= 0.3 is 24.5 Å². The minimum atomic E-state index is -4.60. The number of para-hydroxylation sites is 2. The zero-order valence-corrected chi connectivity index (χ0v) is 22.1. The molecule has 0 radical (unpaired) electrons. The van der Waals surface area contributed by atoms with Crippen molar-refractivity contribution in [2.24, 2.45) is 0 Å². The molecular weight excluding hydrogens is 579 g/mol. The Balaban J connectivity index is 1.55. The van der Waals surface area contributed by atoms with Crippen LogP contribution >= 0.6 is 0 Å². The number of carbonyl (C=O) groups excluding carboxylic acids is 3. The largest absolute Gasteiger partial charge is 0.439 e. The minimum Gasteiger partial charge on any atom is -0.439 e. The summed E-state index contributed by atoms with van der Waals surface area (Å²) in [5.74, 6) is 0. The Kier molecular flexibility index (Phi) is 10.0. The van der Waals surface area contributed by atoms with Gasteiger partial charge in [-0.2, -0.15) is 13.2 Å². The third kappa shape index (κ3) is 8.57. The van der Waals surface area contributed by atoms with Crippen molar-refractivity contribution >= 4 is 35.3 Å². The average Bonchev–Trinajstić information content (AvgIpc) is 2.97. The van der Waals surface area contributed by atoms with Crippen molar-refractivity contribution in [3.63, 3.8) is 0 Å². The normalized spacial score (nSPS) is 21.7. The van der Waals surface area contributed by atoms with Gasteiger partial charge in [0.25, 0.3) is 0 Å². The van der Waals surface area contributed by atoms with E-state index in [0.717, 1.165) is 24.3 Å². The van der Waals surface area contributed by atoms with Gasteiger partial charge in [-0.1, -0.05) is 36.4 Å². The summed E-state index contributed by atoms with van der Waals surface area (Å²) in [5, 5.41) is 27.6. The average molecular weight is 606 g/mol. The SMILES string of the molecule is O=C(Nc1ccccc1)O[C@@H]1[C@@H](OC(=O)Nc2ccccc2)[C@@H](O)O[C@H](CO)[C@H]1OC(=O)Nc1ccc(C(F)(F)F)cc1. The number of rotatable bonds is 7. The molecule has 0 aromatic heterocycles. The van der Waals surface area contributed by atoms with Crippen molar-refractivity contribution in [2.45, 2.75) is 36.9 Å². The maximum absolute atomic E-state index is 12.9. The summed E-state index contributed by atoms with van der Waals surface area (Å²) < 4.78 is 60.1. The van der Waals surface area contributed by atoms with Crippen molar-refractivity contribution in [1.29, 1.82) is 0 Å². The highest BCUT2D eigenvalue weighted by Crippen LogP contribution is 2.31. The van der Waals surface area contributed by atoms with Crippen LogP contribution in [0.3, 0.4) is 0 Å². The van der Waals surface area contributed by atoms with E-state index in [-0.39, 0.29) is 5.69 Å². The number of benzene rings is 3. The van der Waals surface area contributed by atoms with Gasteiger partial charge in [0.2, 0.25) is 0 Å². The van der Waals surface area contributed by atoms with Gasteiger partial charge in [0.15, 0.2) is 24.6 Å². The monoisotopic (exact) mass is 605 g/mol. The molecule has 12 nitrogen and oxygen atoms in total. The first-order valence-corrected chi connectivity index (χ1v) is 12.7. The summed E-state index contributed by atoms with van der Waals surface area (Å²) in [6.45, 7) is -0.849. The molecule has 3 aromatic carbocycles. The van der Waals surface area contributed by atoms with Gasteiger partial charge in [0.05, 0.1) is 12.2 Å². The smallest absolute Gasteiger partial charge is 0.416 e. The van der Waals surface area contributed by atoms with Crippen LogP contribution in [-0.4, -0.2) is 65.8 Å². The second kappa shape index (κ2) is 13.9. The van der Waals surface area contributed by atoms with Crippen molar-refractivity contribution in [1.82, 2.24) is 0 Å². The quantitative estimate of drug-likeness (QED) is 0.243. The zero-order chi connectivity index (χ0) is 31.0. The molecule has 43 heavy (non-hydrogen) atoms. The van der Waals surface area contributed by atoms with Crippen LogP contribution in [0.5, 0.6) is 0 Å². The molecule has 4 rings (SSSR count). The highest BCUT2D eigenvalue weighted by atomic mass is 19.4. The molecule has 0 spiro atoms. The standard InChI is InChI=1S/C28H26F3N3O9/c29-28(30,31)16-11-13-19(14-12-16)34-25(37)41-21-20(15-35)40-24(36)23(43-27(39)33-18-9-5-2-6-10-18)22(21)42-26(38)32-17-7-3-1-4-8-17/h1-14,20-24,35-36H,15H2,(H,32,38)(H,33,39)(H,34,37)/t20-,21-,22+,23-,24+/m1/s1. The van der Waals surface area contributed by atoms with E-state index in [9.17, 15) is 37.8 Å². The van der Waals surface area contributed by atoms with Crippen LogP contribution < -0.4 is 16.0 Å². The Morgan fingerprint density at radius 3 is 1.53 bits per heavy atom. The van der Waals surface area contributed by atoms with E-state index in [2.05, 4.69) is 16.0 Å². The van der Waals surface area contributed by atoms with Crippen LogP contribution in [-0.2, 0) is 25.1 Å². The number of alkyl halides is 3. The van der Waals surface area contributed by atoms with Crippen LogP contribution in [0.25, 0.3) is 0 Å². The number of nitrogens with one attached hydrogen (secondary N) is 3. The fraction of sp³-hybridized carbons (Fsp3) is 0.250. The summed E-state index contributed by atoms with van der Waals surface area (Å²) in [4.78, 5) is 38.2. The van der Waals surface area contributed by atoms with E-state index in [0.29, 0.717) is 11.4 Å². The van der Waals surface area contributed by atoms with Gasteiger partial charge in [0.1, 0.15) is 6.10 Å². The van der Waals surface area contributed by atoms with E-state index < -0.39 is 67.3 Å².